The van der Waals surface area contributed by atoms with Crippen molar-refractivity contribution in [3.63, 3.8) is 0 Å². The van der Waals surface area contributed by atoms with Crippen LogP contribution in [-0.4, -0.2) is 21.7 Å². The monoisotopic (exact) mass is 354 g/mol. The number of hydrogen-bond donors (Lipinski definition) is 2. The van der Waals surface area contributed by atoms with Crippen molar-refractivity contribution in [2.75, 3.05) is 6.54 Å². The Bertz CT molecular complexity index is 570. The fourth-order valence-corrected chi connectivity index (χ4v) is 3.22. The molecular weight excluding hydrogens is 336 g/mol. The Balaban J connectivity index is 2.09. The molecule has 0 radical (unpaired) electrons. The van der Waals surface area contributed by atoms with Gasteiger partial charge in [-0.2, -0.15) is 0 Å². The molecule has 1 aromatic carbocycles. The van der Waals surface area contributed by atoms with Crippen LogP contribution in [0, 0.1) is 6.92 Å². The molecule has 2 rings (SSSR count). The van der Waals surface area contributed by atoms with Crippen LogP contribution in [0.25, 0.3) is 0 Å². The summed E-state index contributed by atoms with van der Waals surface area (Å²) in [6, 6.07) is 6.78. The molecule has 0 saturated heterocycles. The van der Waals surface area contributed by atoms with Crippen LogP contribution in [-0.2, 0) is 0 Å². The molecule has 0 spiro atoms. The van der Waals surface area contributed by atoms with E-state index in [4.69, 9.17) is 0 Å². The first-order chi connectivity index (χ1) is 9.60. The van der Waals surface area contributed by atoms with Gasteiger partial charge in [0.25, 0.3) is 0 Å². The van der Waals surface area contributed by atoms with E-state index < -0.39 is 0 Å². The van der Waals surface area contributed by atoms with Gasteiger partial charge in [0.2, 0.25) is 5.16 Å². The van der Waals surface area contributed by atoms with E-state index in [-0.39, 0.29) is 0 Å². The molecule has 1 aromatic heterocycles. The topological polar surface area (TPSA) is 53.6 Å². The summed E-state index contributed by atoms with van der Waals surface area (Å²) in [6.45, 7) is 7.29. The van der Waals surface area contributed by atoms with Crippen molar-refractivity contribution >= 4 is 27.7 Å². The molecule has 1 atom stereocenters. The number of nitrogens with one attached hydrogen (secondary N) is 2. The zero-order valence-corrected chi connectivity index (χ0v) is 14.3. The second kappa shape index (κ2) is 7.24. The Morgan fingerprint density at radius 2 is 2.25 bits per heavy atom. The molecule has 0 aliphatic carbocycles. The highest BCUT2D eigenvalue weighted by Crippen LogP contribution is 2.33. The summed E-state index contributed by atoms with van der Waals surface area (Å²) in [6.07, 6.45) is 1.14. The summed E-state index contributed by atoms with van der Waals surface area (Å²) in [5.74, 6) is 0.831. The number of halogens is 1. The van der Waals surface area contributed by atoms with E-state index in [1.807, 2.05) is 6.92 Å². The highest BCUT2D eigenvalue weighted by atomic mass is 79.9. The molecule has 0 aliphatic heterocycles. The second-order valence-corrected chi connectivity index (χ2v) is 6.53. The lowest BCUT2D eigenvalue weighted by molar-refractivity contribution is 0.570. The van der Waals surface area contributed by atoms with Crippen molar-refractivity contribution in [2.45, 2.75) is 43.3 Å². The molecule has 0 amide bonds. The maximum absolute atomic E-state index is 4.31. The molecule has 20 heavy (non-hydrogen) atoms. The van der Waals surface area contributed by atoms with Gasteiger partial charge in [-0.25, -0.2) is 4.98 Å². The van der Waals surface area contributed by atoms with E-state index >= 15 is 0 Å². The Morgan fingerprint density at radius 3 is 2.85 bits per heavy atom. The van der Waals surface area contributed by atoms with Gasteiger partial charge < -0.3 is 5.32 Å². The molecule has 0 saturated carbocycles. The van der Waals surface area contributed by atoms with Crippen molar-refractivity contribution in [3.05, 3.63) is 34.1 Å². The first-order valence-corrected chi connectivity index (χ1v) is 8.30. The summed E-state index contributed by atoms with van der Waals surface area (Å²) in [4.78, 5) is 5.43. The van der Waals surface area contributed by atoms with Crippen LogP contribution < -0.4 is 5.32 Å². The molecular formula is C14H19BrN4S. The quantitative estimate of drug-likeness (QED) is 0.820. The molecule has 0 aliphatic rings. The lowest BCUT2D eigenvalue weighted by Crippen LogP contribution is -2.19. The largest absolute Gasteiger partial charge is 0.310 e. The van der Waals surface area contributed by atoms with Crippen LogP contribution in [0.4, 0.5) is 0 Å². The molecule has 4 nitrogen and oxygen atoms in total. The summed E-state index contributed by atoms with van der Waals surface area (Å²) in [5, 5.41) is 11.2. The van der Waals surface area contributed by atoms with Gasteiger partial charge >= 0.3 is 0 Å². The number of benzene rings is 1. The van der Waals surface area contributed by atoms with E-state index in [0.717, 1.165) is 33.3 Å². The number of nitrogens with zero attached hydrogens (tertiary/aromatic N) is 2. The maximum Gasteiger partial charge on any atom is 0.213 e. The average molecular weight is 355 g/mol. The number of aromatic nitrogens is 3. The maximum atomic E-state index is 4.31. The fraction of sp³-hybridized carbons (Fsp3) is 0.429. The summed E-state index contributed by atoms with van der Waals surface area (Å²) >= 11 is 5.19. The van der Waals surface area contributed by atoms with E-state index in [1.165, 1.54) is 5.56 Å². The summed E-state index contributed by atoms with van der Waals surface area (Å²) in [5.41, 5.74) is 1.28. The lowest BCUT2D eigenvalue weighted by atomic mass is 10.1. The molecule has 2 aromatic rings. The van der Waals surface area contributed by atoms with Gasteiger partial charge in [-0.3, -0.25) is 5.10 Å². The number of rotatable bonds is 6. The summed E-state index contributed by atoms with van der Waals surface area (Å²) < 4.78 is 1.08. The van der Waals surface area contributed by atoms with Gasteiger partial charge in [-0.05, 0) is 72.2 Å². The zero-order chi connectivity index (χ0) is 14.5. The average Bonchev–Trinajstić information content (AvgIpc) is 2.83. The zero-order valence-electron chi connectivity index (χ0n) is 11.9. The minimum Gasteiger partial charge on any atom is -0.310 e. The highest BCUT2D eigenvalue weighted by Gasteiger charge is 2.10. The minimum absolute atomic E-state index is 0.357. The fourth-order valence-electron chi connectivity index (χ4n) is 1.81. The van der Waals surface area contributed by atoms with Crippen LogP contribution in [0.1, 0.15) is 37.7 Å². The van der Waals surface area contributed by atoms with Gasteiger partial charge in [0.1, 0.15) is 5.82 Å². The van der Waals surface area contributed by atoms with Crippen LogP contribution in [0.15, 0.2) is 32.7 Å². The molecule has 0 bridgehead atoms. The third-order valence-corrected chi connectivity index (χ3v) is 4.79. The number of H-pyrrole nitrogens is 1. The second-order valence-electron chi connectivity index (χ2n) is 4.67. The van der Waals surface area contributed by atoms with Gasteiger partial charge in [-0.1, -0.05) is 13.0 Å². The van der Waals surface area contributed by atoms with Gasteiger partial charge in [0.15, 0.2) is 0 Å². The van der Waals surface area contributed by atoms with Crippen molar-refractivity contribution in [2.24, 2.45) is 0 Å². The molecule has 6 heteroatoms. The van der Waals surface area contributed by atoms with Crippen LogP contribution in [0.5, 0.6) is 0 Å². The first kappa shape index (κ1) is 15.5. The number of hydrogen-bond acceptors (Lipinski definition) is 4. The molecule has 1 heterocycles. The molecule has 2 N–H and O–H groups in total. The smallest absolute Gasteiger partial charge is 0.213 e. The molecule has 108 valence electrons. The number of aryl methyl sites for hydroxylation is 1. The van der Waals surface area contributed by atoms with Crippen LogP contribution in [0.3, 0.4) is 0 Å². The number of aromatic amines is 1. The van der Waals surface area contributed by atoms with Crippen molar-refractivity contribution in [1.82, 2.24) is 20.5 Å². The van der Waals surface area contributed by atoms with Gasteiger partial charge in [0.05, 0.1) is 0 Å². The third-order valence-electron chi connectivity index (χ3n) is 2.93. The van der Waals surface area contributed by atoms with E-state index in [1.54, 1.807) is 11.8 Å². The van der Waals surface area contributed by atoms with E-state index in [0.29, 0.717) is 6.04 Å². The Labute approximate surface area is 132 Å². The van der Waals surface area contributed by atoms with Gasteiger partial charge in [-0.15, -0.1) is 5.10 Å². The van der Waals surface area contributed by atoms with Gasteiger partial charge in [0, 0.05) is 15.4 Å². The van der Waals surface area contributed by atoms with Crippen molar-refractivity contribution in [3.8, 4) is 0 Å². The van der Waals surface area contributed by atoms with Crippen LogP contribution >= 0.6 is 27.7 Å². The Morgan fingerprint density at radius 1 is 1.45 bits per heavy atom. The standard InChI is InChI=1S/C14H19BrN4S/c1-4-7-16-9(2)11-5-6-13(12(15)8-11)20-14-17-10(3)18-19-14/h5-6,8-9,16H,4,7H2,1-3H3,(H,17,18,19). The van der Waals surface area contributed by atoms with E-state index in [2.05, 4.69) is 68.5 Å². The van der Waals surface area contributed by atoms with E-state index in [9.17, 15) is 0 Å². The van der Waals surface area contributed by atoms with Crippen molar-refractivity contribution < 1.29 is 0 Å². The summed E-state index contributed by atoms with van der Waals surface area (Å²) in [7, 11) is 0. The first-order valence-electron chi connectivity index (χ1n) is 6.70. The lowest BCUT2D eigenvalue weighted by Gasteiger charge is -2.14. The molecule has 0 fully saturated rings. The predicted octanol–water partition coefficient (Wildman–Crippen LogP) is 4.09. The SMILES string of the molecule is CCCNC(C)c1ccc(Sc2n[nH]c(C)n2)c(Br)c1. The minimum atomic E-state index is 0.357. The molecule has 1 unspecified atom stereocenters. The third kappa shape index (κ3) is 4.07. The normalized spacial score (nSPS) is 12.6. The van der Waals surface area contributed by atoms with Crippen LogP contribution in [0.2, 0.25) is 0 Å². The Kier molecular flexibility index (Phi) is 5.63. The van der Waals surface area contributed by atoms with Crippen molar-refractivity contribution in [1.29, 1.82) is 0 Å². The highest BCUT2D eigenvalue weighted by molar-refractivity contribution is 9.10. The predicted molar refractivity (Wildman–Crippen MR) is 86.1 cm³/mol. The Hall–Kier alpha value is -0.850.